The monoisotopic (exact) mass is 455 g/mol. The normalized spacial score (nSPS) is 16.0. The van der Waals surface area contributed by atoms with Crippen LogP contribution in [0.1, 0.15) is 29.7 Å². The van der Waals surface area contributed by atoms with Crippen LogP contribution in [0.3, 0.4) is 0 Å². The number of hydrogen-bond donors (Lipinski definition) is 0. The van der Waals surface area contributed by atoms with Crippen LogP contribution in [-0.2, 0) is 10.3 Å². The summed E-state index contributed by atoms with van der Waals surface area (Å²) in [6.45, 7) is 3.48. The van der Waals surface area contributed by atoms with E-state index in [1.165, 1.54) is 6.20 Å². The van der Waals surface area contributed by atoms with Crippen molar-refractivity contribution in [3.05, 3.63) is 83.3 Å². The zero-order valence-corrected chi connectivity index (χ0v) is 18.3. The van der Waals surface area contributed by atoms with Crippen LogP contribution in [0.2, 0.25) is 0 Å². The van der Waals surface area contributed by atoms with Crippen LogP contribution in [0, 0.1) is 23.5 Å². The minimum absolute atomic E-state index is 0.151. The average Bonchev–Trinajstić information content (AvgIpc) is 3.46. The van der Waals surface area contributed by atoms with E-state index in [0.29, 0.717) is 24.1 Å². The standard InChI is InChI=1S/C26H19F2N5O/c1-29-14-19(15-30-2)22-16-31-25-32(24(34)26(10-11-26)33(22)25)23-20(27)12-18(13-21(23)28)9-8-17-6-4-3-5-7-17/h3-7,12-16H,1,10-11H2,2H3/b19-14+,30-15?. The number of aliphatic imine (C=N–C) groups is 2. The summed E-state index contributed by atoms with van der Waals surface area (Å²) >= 11 is 0. The van der Waals surface area contributed by atoms with Crippen molar-refractivity contribution in [2.24, 2.45) is 9.98 Å². The Labute approximate surface area is 195 Å². The fraction of sp³-hybridized carbons (Fsp3) is 0.154. The first-order valence-corrected chi connectivity index (χ1v) is 10.6. The van der Waals surface area contributed by atoms with E-state index in [1.54, 1.807) is 36.2 Å². The maximum Gasteiger partial charge on any atom is 0.260 e. The van der Waals surface area contributed by atoms with E-state index in [-0.39, 0.29) is 11.5 Å². The molecule has 3 aromatic rings. The van der Waals surface area contributed by atoms with Crippen LogP contribution < -0.4 is 4.90 Å². The predicted octanol–water partition coefficient (Wildman–Crippen LogP) is 4.47. The topological polar surface area (TPSA) is 62.9 Å². The Morgan fingerprint density at radius 3 is 2.44 bits per heavy atom. The highest BCUT2D eigenvalue weighted by atomic mass is 19.1. The predicted molar refractivity (Wildman–Crippen MR) is 127 cm³/mol. The van der Waals surface area contributed by atoms with Gasteiger partial charge in [0.05, 0.1) is 11.9 Å². The third-order valence-electron chi connectivity index (χ3n) is 5.86. The minimum Gasteiger partial charge on any atom is -0.296 e. The van der Waals surface area contributed by atoms with Gasteiger partial charge in [-0.1, -0.05) is 30.0 Å². The molecule has 6 nitrogen and oxygen atoms in total. The summed E-state index contributed by atoms with van der Waals surface area (Å²) in [6, 6.07) is 11.4. The van der Waals surface area contributed by atoms with Crippen LogP contribution in [0.25, 0.3) is 5.57 Å². The lowest BCUT2D eigenvalue weighted by Gasteiger charge is -2.17. The summed E-state index contributed by atoms with van der Waals surface area (Å²) in [4.78, 5) is 26.6. The Hall–Kier alpha value is -4.38. The van der Waals surface area contributed by atoms with Gasteiger partial charge >= 0.3 is 0 Å². The molecule has 0 bridgehead atoms. The Kier molecular flexibility index (Phi) is 5.17. The van der Waals surface area contributed by atoms with Crippen molar-refractivity contribution in [1.82, 2.24) is 9.55 Å². The number of benzene rings is 2. The fourth-order valence-electron chi connectivity index (χ4n) is 4.20. The highest BCUT2D eigenvalue weighted by molar-refractivity contribution is 6.13. The highest BCUT2D eigenvalue weighted by Crippen LogP contribution is 2.55. The van der Waals surface area contributed by atoms with Gasteiger partial charge in [0, 0.05) is 36.2 Å². The van der Waals surface area contributed by atoms with Crippen LogP contribution in [-0.4, -0.2) is 35.4 Å². The van der Waals surface area contributed by atoms with Crippen LogP contribution in [0.4, 0.5) is 20.4 Å². The highest BCUT2D eigenvalue weighted by Gasteiger charge is 2.62. The molecule has 1 amide bonds. The molecule has 1 aliphatic carbocycles. The average molecular weight is 455 g/mol. The van der Waals surface area contributed by atoms with Crippen molar-refractivity contribution < 1.29 is 13.6 Å². The molecule has 0 unspecified atom stereocenters. The largest absolute Gasteiger partial charge is 0.296 e. The van der Waals surface area contributed by atoms with E-state index in [4.69, 9.17) is 0 Å². The molecule has 1 aliphatic heterocycles. The number of carbonyl (C=O) groups is 1. The molecule has 2 heterocycles. The number of anilines is 2. The molecule has 0 N–H and O–H groups in total. The molecule has 168 valence electrons. The maximum atomic E-state index is 15.2. The molecular formula is C26H19F2N5O. The van der Waals surface area contributed by atoms with E-state index < -0.39 is 28.8 Å². The Bertz CT molecular complexity index is 1420. The van der Waals surface area contributed by atoms with Gasteiger partial charge in [-0.05, 0) is 43.8 Å². The molecule has 2 aliphatic rings. The first-order valence-electron chi connectivity index (χ1n) is 10.6. The summed E-state index contributed by atoms with van der Waals surface area (Å²) in [5.41, 5.74) is 0.668. The van der Waals surface area contributed by atoms with Gasteiger partial charge in [0.2, 0.25) is 5.95 Å². The molecule has 0 saturated heterocycles. The first kappa shape index (κ1) is 21.5. The first-order chi connectivity index (χ1) is 16.5. The lowest BCUT2D eigenvalue weighted by Crippen LogP contribution is -2.31. The molecule has 0 atom stereocenters. The van der Waals surface area contributed by atoms with Gasteiger partial charge in [-0.3, -0.25) is 19.3 Å². The van der Waals surface area contributed by atoms with Crippen molar-refractivity contribution in [2.45, 2.75) is 18.4 Å². The minimum atomic E-state index is -0.923. The molecule has 34 heavy (non-hydrogen) atoms. The second-order valence-corrected chi connectivity index (χ2v) is 8.01. The van der Waals surface area contributed by atoms with Crippen LogP contribution in [0.5, 0.6) is 0 Å². The molecule has 1 fully saturated rings. The van der Waals surface area contributed by atoms with E-state index in [2.05, 4.69) is 33.5 Å². The number of imidazole rings is 1. The lowest BCUT2D eigenvalue weighted by atomic mass is 10.1. The van der Waals surface area contributed by atoms with Gasteiger partial charge in [-0.25, -0.2) is 18.7 Å². The summed E-state index contributed by atoms with van der Waals surface area (Å²) in [5, 5.41) is 0. The number of amides is 1. The zero-order valence-electron chi connectivity index (χ0n) is 18.3. The second-order valence-electron chi connectivity index (χ2n) is 8.01. The van der Waals surface area contributed by atoms with Crippen molar-refractivity contribution in [3.8, 4) is 11.8 Å². The number of halogens is 2. The summed E-state index contributed by atoms with van der Waals surface area (Å²) in [7, 11) is 1.61. The number of carbonyl (C=O) groups excluding carboxylic acids is 1. The quantitative estimate of drug-likeness (QED) is 0.431. The Balaban J connectivity index is 1.59. The lowest BCUT2D eigenvalue weighted by molar-refractivity contribution is -0.120. The van der Waals surface area contributed by atoms with E-state index >= 15 is 8.78 Å². The Morgan fingerprint density at radius 1 is 1.15 bits per heavy atom. The summed E-state index contributed by atoms with van der Waals surface area (Å²) in [6.07, 6.45) is 5.70. The van der Waals surface area contributed by atoms with Gasteiger partial charge in [-0.15, -0.1) is 0 Å². The molecular weight excluding hydrogens is 436 g/mol. The second kappa shape index (κ2) is 8.19. The van der Waals surface area contributed by atoms with Crippen molar-refractivity contribution in [3.63, 3.8) is 0 Å². The van der Waals surface area contributed by atoms with Gasteiger partial charge in [0.1, 0.15) is 11.2 Å². The van der Waals surface area contributed by atoms with Crippen molar-refractivity contribution in [2.75, 3.05) is 11.9 Å². The molecule has 1 saturated carbocycles. The summed E-state index contributed by atoms with van der Waals surface area (Å²) < 4.78 is 32.2. The Morgan fingerprint density at radius 2 is 1.82 bits per heavy atom. The number of hydrogen-bond acceptors (Lipinski definition) is 4. The van der Waals surface area contributed by atoms with Crippen molar-refractivity contribution in [1.29, 1.82) is 0 Å². The number of fused-ring (bicyclic) bond motifs is 2. The molecule has 8 heteroatoms. The fourth-order valence-corrected chi connectivity index (χ4v) is 4.20. The molecule has 0 radical (unpaired) electrons. The molecule has 1 aromatic heterocycles. The number of nitrogens with zero attached hydrogens (tertiary/aromatic N) is 5. The molecule has 2 aromatic carbocycles. The third kappa shape index (κ3) is 3.33. The summed E-state index contributed by atoms with van der Waals surface area (Å²) in [5.74, 6) is 3.60. The molecule has 5 rings (SSSR count). The SMILES string of the molecule is C=N/C=C(\C=NC)c1cnc2n1C1(CC1)C(=O)N2c1c(F)cc(C#Cc2ccccc2)cc1F. The molecule has 1 spiro atoms. The maximum absolute atomic E-state index is 15.2. The van der Waals surface area contributed by atoms with Gasteiger partial charge < -0.3 is 0 Å². The van der Waals surface area contributed by atoms with Gasteiger partial charge in [0.25, 0.3) is 5.91 Å². The van der Waals surface area contributed by atoms with Gasteiger partial charge in [0.15, 0.2) is 11.6 Å². The van der Waals surface area contributed by atoms with Crippen LogP contribution in [0.15, 0.2) is 64.8 Å². The smallest absolute Gasteiger partial charge is 0.260 e. The number of allylic oxidation sites excluding steroid dienone is 1. The number of aromatic nitrogens is 2. The van der Waals surface area contributed by atoms with Crippen molar-refractivity contribution >= 4 is 36.0 Å². The third-order valence-corrected chi connectivity index (χ3v) is 5.86. The van der Waals surface area contributed by atoms with Gasteiger partial charge in [-0.2, -0.15) is 0 Å². The zero-order chi connectivity index (χ0) is 23.9. The van der Waals surface area contributed by atoms with E-state index in [0.717, 1.165) is 22.6 Å². The number of rotatable bonds is 4. The van der Waals surface area contributed by atoms with Crippen LogP contribution >= 0.6 is 0 Å². The van der Waals surface area contributed by atoms with E-state index in [9.17, 15) is 4.79 Å². The van der Waals surface area contributed by atoms with E-state index in [1.807, 2.05) is 18.2 Å².